The van der Waals surface area contributed by atoms with Crippen LogP contribution in [-0.2, 0) is 5.41 Å². The second-order valence-electron chi connectivity index (χ2n) is 10.9. The molecule has 204 valence electrons. The Morgan fingerprint density at radius 1 is 0.875 bits per heavy atom. The second-order valence-corrected chi connectivity index (χ2v) is 12.2. The van der Waals surface area contributed by atoms with Gasteiger partial charge in [0.25, 0.3) is 5.91 Å². The first-order chi connectivity index (χ1) is 19.1. The van der Waals surface area contributed by atoms with E-state index in [1.165, 1.54) is 0 Å². The third kappa shape index (κ3) is 6.05. The van der Waals surface area contributed by atoms with Gasteiger partial charge in [-0.1, -0.05) is 104 Å². The Kier molecular flexibility index (Phi) is 8.23. The van der Waals surface area contributed by atoms with Crippen molar-refractivity contribution in [2.45, 2.75) is 44.7 Å². The van der Waals surface area contributed by atoms with Gasteiger partial charge in [0.15, 0.2) is 0 Å². The van der Waals surface area contributed by atoms with E-state index in [1.807, 2.05) is 84.9 Å². The minimum atomic E-state index is -0.577. The molecule has 2 unspecified atom stereocenters. The fraction of sp³-hybridized carbons (Fsp3) is 0.212. The number of hydrogen-bond donors (Lipinski definition) is 1. The summed E-state index contributed by atoms with van der Waals surface area (Å²) in [5.41, 5.74) is 8.30. The Labute approximate surface area is 250 Å². The van der Waals surface area contributed by atoms with Gasteiger partial charge in [0.05, 0.1) is 11.8 Å². The fourth-order valence-corrected chi connectivity index (χ4v) is 5.57. The van der Waals surface area contributed by atoms with E-state index in [0.717, 1.165) is 28.1 Å². The van der Waals surface area contributed by atoms with Crippen molar-refractivity contribution in [2.24, 2.45) is 5.10 Å². The lowest BCUT2D eigenvalue weighted by Crippen LogP contribution is -2.39. The molecule has 4 aromatic rings. The van der Waals surface area contributed by atoms with Crippen LogP contribution in [-0.4, -0.2) is 11.6 Å². The summed E-state index contributed by atoms with van der Waals surface area (Å²) in [6.07, 6.45) is 0.574. The molecule has 0 saturated carbocycles. The predicted molar refractivity (Wildman–Crippen MR) is 167 cm³/mol. The van der Waals surface area contributed by atoms with Crippen molar-refractivity contribution in [3.05, 3.63) is 134 Å². The molecule has 4 nitrogen and oxygen atoms in total. The minimum Gasteiger partial charge on any atom is -0.302 e. The van der Waals surface area contributed by atoms with Gasteiger partial charge in [-0.2, -0.15) is 5.10 Å². The summed E-state index contributed by atoms with van der Waals surface area (Å²) in [7, 11) is 0. The first kappa shape index (κ1) is 28.2. The van der Waals surface area contributed by atoms with E-state index in [9.17, 15) is 4.79 Å². The Balaban J connectivity index is 1.61. The standard InChI is InChI=1S/C33H30Cl3N3O/c1-33(2,3)23-13-9-22(10-14-23)32(40)39(26-7-5-4-6-8-26)31(27-18-17-25(35)19-28(27)36)30-20-29(37-38-30)21-11-15-24(34)16-12-21/h4-19,29,31,37H,20H2,1-3H3. The number of nitrogens with one attached hydrogen (secondary N) is 1. The number of carbonyl (C=O) groups is 1. The number of para-hydroxylation sites is 1. The molecule has 1 heterocycles. The van der Waals surface area contributed by atoms with E-state index in [2.05, 4.69) is 26.2 Å². The Morgan fingerprint density at radius 2 is 1.52 bits per heavy atom. The van der Waals surface area contributed by atoms with Crippen LogP contribution in [0.25, 0.3) is 0 Å². The Morgan fingerprint density at radius 3 is 2.15 bits per heavy atom. The van der Waals surface area contributed by atoms with Gasteiger partial charge < -0.3 is 5.43 Å². The van der Waals surface area contributed by atoms with Gasteiger partial charge in [-0.15, -0.1) is 0 Å². The average Bonchev–Trinajstić information content (AvgIpc) is 3.42. The van der Waals surface area contributed by atoms with Gasteiger partial charge >= 0.3 is 0 Å². The minimum absolute atomic E-state index is 0.0268. The average molecular weight is 591 g/mol. The summed E-state index contributed by atoms with van der Waals surface area (Å²) in [6.45, 7) is 6.46. The summed E-state index contributed by atoms with van der Waals surface area (Å²) in [6, 6.07) is 29.9. The number of hydrazone groups is 1. The third-order valence-corrected chi connectivity index (χ3v) is 7.95. The summed E-state index contributed by atoms with van der Waals surface area (Å²) in [4.78, 5) is 16.2. The SMILES string of the molecule is CC(C)(C)c1ccc(C(=O)N(c2ccccc2)C(C2=NNC(c3ccc(Cl)cc3)C2)c2ccc(Cl)cc2Cl)cc1. The van der Waals surface area contributed by atoms with E-state index in [1.54, 1.807) is 17.0 Å². The van der Waals surface area contributed by atoms with Crippen molar-refractivity contribution in [2.75, 3.05) is 4.90 Å². The van der Waals surface area contributed by atoms with Gasteiger partial charge in [0.1, 0.15) is 6.04 Å². The van der Waals surface area contributed by atoms with Crippen LogP contribution in [0.3, 0.4) is 0 Å². The molecule has 7 heteroatoms. The third-order valence-electron chi connectivity index (χ3n) is 7.13. The van der Waals surface area contributed by atoms with Gasteiger partial charge in [-0.3, -0.25) is 9.69 Å². The van der Waals surface area contributed by atoms with Gasteiger partial charge in [0, 0.05) is 32.7 Å². The van der Waals surface area contributed by atoms with Crippen LogP contribution in [0.1, 0.15) is 66.3 Å². The van der Waals surface area contributed by atoms with Crippen LogP contribution in [0.5, 0.6) is 0 Å². The zero-order valence-electron chi connectivity index (χ0n) is 22.5. The van der Waals surface area contributed by atoms with Crippen LogP contribution in [0.4, 0.5) is 5.69 Å². The highest BCUT2D eigenvalue weighted by molar-refractivity contribution is 6.35. The Bertz CT molecular complexity index is 1530. The highest BCUT2D eigenvalue weighted by Crippen LogP contribution is 2.39. The van der Waals surface area contributed by atoms with Crippen molar-refractivity contribution in [1.82, 2.24) is 5.43 Å². The molecule has 0 saturated heterocycles. The molecule has 0 bridgehead atoms. The largest absolute Gasteiger partial charge is 0.302 e. The maximum Gasteiger partial charge on any atom is 0.259 e. The fourth-order valence-electron chi connectivity index (χ4n) is 4.94. The van der Waals surface area contributed by atoms with Gasteiger partial charge in [-0.05, 0) is 70.6 Å². The van der Waals surface area contributed by atoms with Gasteiger partial charge in [0.2, 0.25) is 0 Å². The van der Waals surface area contributed by atoms with Crippen LogP contribution in [0, 0.1) is 0 Å². The predicted octanol–water partition coefficient (Wildman–Crippen LogP) is 9.42. The number of anilines is 1. The van der Waals surface area contributed by atoms with Gasteiger partial charge in [-0.25, -0.2) is 0 Å². The summed E-state index contributed by atoms with van der Waals surface area (Å²) in [5, 5.41) is 6.43. The molecule has 0 spiro atoms. The first-order valence-electron chi connectivity index (χ1n) is 13.1. The molecular formula is C33H30Cl3N3O. The normalized spacial score (nSPS) is 15.8. The topological polar surface area (TPSA) is 44.7 Å². The highest BCUT2D eigenvalue weighted by Gasteiger charge is 2.36. The lowest BCUT2D eigenvalue weighted by molar-refractivity contribution is 0.0982. The van der Waals surface area contributed by atoms with Crippen molar-refractivity contribution in [3.8, 4) is 0 Å². The number of nitrogens with zero attached hydrogens (tertiary/aromatic N) is 2. The molecule has 0 radical (unpaired) electrons. The summed E-state index contributed by atoms with van der Waals surface area (Å²) in [5.74, 6) is -0.152. The molecular weight excluding hydrogens is 561 g/mol. The molecule has 5 rings (SSSR count). The number of rotatable bonds is 6. The van der Waals surface area contributed by atoms with Crippen molar-refractivity contribution in [3.63, 3.8) is 0 Å². The maximum absolute atomic E-state index is 14.4. The number of carbonyl (C=O) groups excluding carboxylic acids is 1. The molecule has 1 N–H and O–H groups in total. The molecule has 40 heavy (non-hydrogen) atoms. The van der Waals surface area contributed by atoms with Crippen molar-refractivity contribution in [1.29, 1.82) is 0 Å². The first-order valence-corrected chi connectivity index (χ1v) is 14.3. The molecule has 0 aromatic heterocycles. The van der Waals surface area contributed by atoms with Crippen LogP contribution >= 0.6 is 34.8 Å². The van der Waals surface area contributed by atoms with Crippen molar-refractivity contribution >= 4 is 52.1 Å². The zero-order chi connectivity index (χ0) is 28.4. The monoisotopic (exact) mass is 589 g/mol. The molecule has 0 fully saturated rings. The van der Waals surface area contributed by atoms with Crippen molar-refractivity contribution < 1.29 is 4.79 Å². The second kappa shape index (κ2) is 11.7. The number of benzene rings is 4. The maximum atomic E-state index is 14.4. The molecule has 1 aliphatic rings. The zero-order valence-corrected chi connectivity index (χ0v) is 24.8. The number of halogens is 3. The smallest absolute Gasteiger partial charge is 0.259 e. The number of hydrogen-bond acceptors (Lipinski definition) is 3. The molecule has 1 amide bonds. The van der Waals surface area contributed by atoms with E-state index in [0.29, 0.717) is 27.1 Å². The van der Waals surface area contributed by atoms with E-state index in [4.69, 9.17) is 39.9 Å². The molecule has 0 aliphatic carbocycles. The van der Waals surface area contributed by atoms with Crippen LogP contribution < -0.4 is 10.3 Å². The van der Waals surface area contributed by atoms with Crippen LogP contribution in [0.15, 0.2) is 102 Å². The summed E-state index contributed by atoms with van der Waals surface area (Å²) < 4.78 is 0. The highest BCUT2D eigenvalue weighted by atomic mass is 35.5. The number of amides is 1. The lowest BCUT2D eigenvalue weighted by atomic mass is 9.86. The van der Waals surface area contributed by atoms with E-state index < -0.39 is 6.04 Å². The lowest BCUT2D eigenvalue weighted by Gasteiger charge is -2.33. The van der Waals surface area contributed by atoms with E-state index >= 15 is 0 Å². The molecule has 1 aliphatic heterocycles. The Hall–Kier alpha value is -3.31. The van der Waals surface area contributed by atoms with Crippen LogP contribution in [0.2, 0.25) is 15.1 Å². The van der Waals surface area contributed by atoms with E-state index in [-0.39, 0.29) is 17.4 Å². The summed E-state index contributed by atoms with van der Waals surface area (Å²) >= 11 is 19.2. The molecule has 2 atom stereocenters. The quantitative estimate of drug-likeness (QED) is 0.243. The molecule has 4 aromatic carbocycles.